The van der Waals surface area contributed by atoms with E-state index in [4.69, 9.17) is 29.2 Å². The summed E-state index contributed by atoms with van der Waals surface area (Å²) in [6.45, 7) is 0.377. The predicted octanol–water partition coefficient (Wildman–Crippen LogP) is 0.428. The van der Waals surface area contributed by atoms with E-state index in [1.807, 2.05) is 6.08 Å². The van der Waals surface area contributed by atoms with Crippen LogP contribution in [0.5, 0.6) is 0 Å². The molecule has 162 valence electrons. The van der Waals surface area contributed by atoms with Crippen molar-refractivity contribution in [2.75, 3.05) is 13.2 Å². The third-order valence-corrected chi connectivity index (χ3v) is 7.55. The van der Waals surface area contributed by atoms with E-state index in [0.717, 1.165) is 12.8 Å². The quantitative estimate of drug-likeness (QED) is 0.483. The van der Waals surface area contributed by atoms with Gasteiger partial charge in [0.2, 0.25) is 0 Å². The highest BCUT2D eigenvalue weighted by Gasteiger charge is 2.72. The summed E-state index contributed by atoms with van der Waals surface area (Å²) in [5.74, 6) is -2.76. The first-order valence-corrected chi connectivity index (χ1v) is 9.99. The van der Waals surface area contributed by atoms with Crippen molar-refractivity contribution >= 4 is 23.9 Å². The topological polar surface area (TPSA) is 146 Å². The Morgan fingerprint density at radius 1 is 0.967 bits per heavy atom. The van der Waals surface area contributed by atoms with Crippen molar-refractivity contribution in [2.24, 2.45) is 10.8 Å². The maximum Gasteiger partial charge on any atom is 0.316 e. The van der Waals surface area contributed by atoms with Gasteiger partial charge in [-0.15, -0.1) is 0 Å². The molecule has 0 aromatic carbocycles. The molecule has 0 radical (unpaired) electrons. The van der Waals surface area contributed by atoms with E-state index in [9.17, 15) is 19.2 Å². The SMILES string of the molecule is O=C(O)CC12CC3C=CC1(COC2=O)O3.O=C(O)CC12CC3CCC1(COC2=O)O3. The molecule has 6 unspecified atom stereocenters. The zero-order chi connectivity index (χ0) is 21.4. The Hall–Kier alpha value is -2.46. The first-order valence-electron chi connectivity index (χ1n) is 9.99. The highest BCUT2D eigenvalue weighted by Crippen LogP contribution is 2.61. The Morgan fingerprint density at radius 3 is 2.30 bits per heavy atom. The average Bonchev–Trinajstić information content (AvgIpc) is 3.46. The van der Waals surface area contributed by atoms with Crippen LogP contribution in [0.15, 0.2) is 12.2 Å². The Morgan fingerprint density at radius 2 is 1.63 bits per heavy atom. The van der Waals surface area contributed by atoms with Crippen molar-refractivity contribution < 1.29 is 48.3 Å². The molecule has 0 aliphatic carbocycles. The lowest BCUT2D eigenvalue weighted by Gasteiger charge is -2.32. The fraction of sp³-hybridized carbons (Fsp3) is 0.700. The van der Waals surface area contributed by atoms with Crippen molar-refractivity contribution in [1.29, 1.82) is 0 Å². The molecule has 5 fully saturated rings. The van der Waals surface area contributed by atoms with E-state index in [0.29, 0.717) is 12.8 Å². The number of hydrogen-bond acceptors (Lipinski definition) is 8. The highest BCUT2D eigenvalue weighted by molar-refractivity contribution is 5.88. The van der Waals surface area contributed by atoms with Crippen LogP contribution in [-0.2, 0) is 38.1 Å². The van der Waals surface area contributed by atoms with Crippen molar-refractivity contribution in [3.05, 3.63) is 12.2 Å². The lowest BCUT2D eigenvalue weighted by Crippen LogP contribution is -2.47. The van der Waals surface area contributed by atoms with Gasteiger partial charge in [0, 0.05) is 0 Å². The average molecular weight is 422 g/mol. The summed E-state index contributed by atoms with van der Waals surface area (Å²) in [5, 5.41) is 17.8. The smallest absolute Gasteiger partial charge is 0.316 e. The molecule has 2 spiro atoms. The number of hydrogen-bond donors (Lipinski definition) is 2. The number of aliphatic carboxylic acids is 2. The van der Waals surface area contributed by atoms with Gasteiger partial charge < -0.3 is 29.2 Å². The summed E-state index contributed by atoms with van der Waals surface area (Å²) in [4.78, 5) is 45.1. The van der Waals surface area contributed by atoms with Crippen LogP contribution < -0.4 is 0 Å². The molecule has 4 bridgehead atoms. The van der Waals surface area contributed by atoms with E-state index >= 15 is 0 Å². The molecule has 0 saturated carbocycles. The molecule has 6 aliphatic rings. The standard InChI is InChI=1S/C10H12O5.C10H10O5/c2*11-7(12)4-9-3-6-1-2-10(9,15-6)5-14-8(9)13/h6H,1-5H2,(H,11,12);1-2,6H,3-5H2,(H,11,12). The molecule has 0 aromatic heterocycles. The predicted molar refractivity (Wildman–Crippen MR) is 94.1 cm³/mol. The molecule has 10 heteroatoms. The van der Waals surface area contributed by atoms with Gasteiger partial charge in [-0.2, -0.15) is 0 Å². The molecule has 6 atom stereocenters. The Balaban J connectivity index is 0.000000128. The maximum absolute atomic E-state index is 11.7. The van der Waals surface area contributed by atoms with Gasteiger partial charge in [-0.3, -0.25) is 19.2 Å². The van der Waals surface area contributed by atoms with Crippen molar-refractivity contribution in [2.45, 2.75) is 61.9 Å². The van der Waals surface area contributed by atoms with Crippen LogP contribution in [0.1, 0.15) is 38.5 Å². The third-order valence-electron chi connectivity index (χ3n) is 7.55. The number of rotatable bonds is 4. The van der Waals surface area contributed by atoms with Crippen molar-refractivity contribution in [1.82, 2.24) is 0 Å². The molecule has 5 saturated heterocycles. The summed E-state index contributed by atoms with van der Waals surface area (Å²) >= 11 is 0. The van der Waals surface area contributed by atoms with E-state index in [1.54, 1.807) is 6.08 Å². The van der Waals surface area contributed by atoms with Gasteiger partial charge >= 0.3 is 23.9 Å². The van der Waals surface area contributed by atoms with Gasteiger partial charge in [-0.1, -0.05) is 6.08 Å². The number of ether oxygens (including phenoxy) is 4. The van der Waals surface area contributed by atoms with Gasteiger partial charge in [-0.05, 0) is 31.8 Å². The number of carbonyl (C=O) groups is 4. The van der Waals surface area contributed by atoms with Crippen molar-refractivity contribution in [3.63, 3.8) is 0 Å². The summed E-state index contributed by atoms with van der Waals surface area (Å²) in [7, 11) is 0. The lowest BCUT2D eigenvalue weighted by molar-refractivity contribution is -0.154. The third kappa shape index (κ3) is 2.31. The molecule has 30 heavy (non-hydrogen) atoms. The molecule has 0 aromatic rings. The van der Waals surface area contributed by atoms with E-state index in [2.05, 4.69) is 0 Å². The second kappa shape index (κ2) is 6.04. The number of cyclic esters (lactones) is 2. The molecular formula is C20H22O10. The minimum atomic E-state index is -0.988. The van der Waals surface area contributed by atoms with Crippen LogP contribution in [0.3, 0.4) is 0 Å². The van der Waals surface area contributed by atoms with Gasteiger partial charge in [0.05, 0.1) is 25.0 Å². The Bertz CT molecular complexity index is 881. The molecule has 6 rings (SSSR count). The van der Waals surface area contributed by atoms with E-state index in [-0.39, 0.29) is 44.2 Å². The van der Waals surface area contributed by atoms with Gasteiger partial charge in [-0.25, -0.2) is 0 Å². The summed E-state index contributed by atoms with van der Waals surface area (Å²) in [6, 6.07) is 0. The maximum atomic E-state index is 11.7. The zero-order valence-electron chi connectivity index (χ0n) is 16.1. The van der Waals surface area contributed by atoms with Crippen molar-refractivity contribution in [3.8, 4) is 0 Å². The number of esters is 2. The van der Waals surface area contributed by atoms with Crippen LogP contribution >= 0.6 is 0 Å². The second-order valence-corrected chi connectivity index (χ2v) is 9.04. The minimum absolute atomic E-state index is 0.0530. The first kappa shape index (κ1) is 19.5. The molecule has 6 heterocycles. The molecule has 6 aliphatic heterocycles. The zero-order valence-corrected chi connectivity index (χ0v) is 16.1. The summed E-state index contributed by atoms with van der Waals surface area (Å²) in [6.07, 6.45) is 5.81. The largest absolute Gasteiger partial charge is 0.481 e. The highest BCUT2D eigenvalue weighted by atomic mass is 16.6. The molecule has 0 amide bonds. The normalized spacial score (nSPS) is 46.1. The van der Waals surface area contributed by atoms with Gasteiger partial charge in [0.1, 0.15) is 35.2 Å². The second-order valence-electron chi connectivity index (χ2n) is 9.04. The van der Waals surface area contributed by atoms with Crippen LogP contribution in [0.25, 0.3) is 0 Å². The van der Waals surface area contributed by atoms with Crippen LogP contribution in [-0.4, -0.2) is 70.7 Å². The number of carboxylic acid groups (broad SMARTS) is 2. The fourth-order valence-electron chi connectivity index (χ4n) is 6.15. The summed E-state index contributed by atoms with van der Waals surface area (Å²) in [5.41, 5.74) is -3.33. The number of carboxylic acids is 2. The van der Waals surface area contributed by atoms with Crippen LogP contribution in [0.4, 0.5) is 0 Å². The Kier molecular flexibility index (Phi) is 3.93. The van der Waals surface area contributed by atoms with E-state index < -0.39 is 39.9 Å². The van der Waals surface area contributed by atoms with E-state index in [1.165, 1.54) is 0 Å². The Labute approximate surface area is 171 Å². The fourth-order valence-corrected chi connectivity index (χ4v) is 6.15. The van der Waals surface area contributed by atoms with Crippen LogP contribution in [0, 0.1) is 10.8 Å². The molecule has 2 N–H and O–H groups in total. The monoisotopic (exact) mass is 422 g/mol. The minimum Gasteiger partial charge on any atom is -0.481 e. The van der Waals surface area contributed by atoms with Gasteiger partial charge in [0.25, 0.3) is 0 Å². The molecular weight excluding hydrogens is 400 g/mol. The summed E-state index contributed by atoms with van der Waals surface area (Å²) < 4.78 is 21.4. The molecule has 10 nitrogen and oxygen atoms in total. The van der Waals surface area contributed by atoms with Gasteiger partial charge in [0.15, 0.2) is 0 Å². The number of fused-ring (bicyclic) bond motifs is 2. The first-order chi connectivity index (χ1) is 14.2. The lowest BCUT2D eigenvalue weighted by atomic mass is 9.65. The van der Waals surface area contributed by atoms with Crippen LogP contribution in [0.2, 0.25) is 0 Å². The number of carbonyl (C=O) groups excluding carboxylic acids is 2.